The van der Waals surface area contributed by atoms with E-state index in [9.17, 15) is 14.4 Å². The molecule has 1 rings (SSSR count). The molecule has 1 fully saturated rings. The van der Waals surface area contributed by atoms with Crippen molar-refractivity contribution < 1.29 is 14.4 Å². The molecule has 0 aromatic heterocycles. The van der Waals surface area contributed by atoms with Crippen LogP contribution in [-0.2, 0) is 9.59 Å². The van der Waals surface area contributed by atoms with E-state index in [0.717, 1.165) is 4.90 Å². The van der Waals surface area contributed by atoms with Gasteiger partial charge in [-0.3, -0.25) is 19.8 Å². The number of hydrogen-bond donors (Lipinski definition) is 1. The average molecular weight is 226 g/mol. The molecule has 16 heavy (non-hydrogen) atoms. The molecule has 1 aliphatic heterocycles. The number of nitrogens with one attached hydrogen (secondary N) is 1. The Morgan fingerprint density at radius 1 is 1.12 bits per heavy atom. The molecule has 0 aromatic rings. The highest BCUT2D eigenvalue weighted by molar-refractivity contribution is 6.19. The Bertz CT molecular complexity index is 321. The fourth-order valence-corrected chi connectivity index (χ4v) is 2.03. The maximum Gasteiger partial charge on any atom is 0.330 e. The number of rotatable bonds is 4. The summed E-state index contributed by atoms with van der Waals surface area (Å²) in [4.78, 5) is 36.6. The summed E-state index contributed by atoms with van der Waals surface area (Å²) in [6.45, 7) is 5.83. The highest BCUT2D eigenvalue weighted by atomic mass is 16.2. The lowest BCUT2D eigenvalue weighted by atomic mass is 9.78. The molecule has 0 bridgehead atoms. The van der Waals surface area contributed by atoms with E-state index in [4.69, 9.17) is 0 Å². The van der Waals surface area contributed by atoms with Crippen LogP contribution in [0.5, 0.6) is 0 Å². The van der Waals surface area contributed by atoms with Gasteiger partial charge in [-0.05, 0) is 19.3 Å². The van der Waals surface area contributed by atoms with Crippen molar-refractivity contribution in [1.29, 1.82) is 0 Å². The first-order chi connectivity index (χ1) is 7.53. The SMILES string of the molecule is CCCN1C(=O)NC(=O)C(CC)(CC)C1=O. The quantitative estimate of drug-likeness (QED) is 0.734. The molecule has 1 heterocycles. The van der Waals surface area contributed by atoms with Gasteiger partial charge in [-0.15, -0.1) is 0 Å². The standard InChI is InChI=1S/C11H18N2O3/c1-4-7-13-9(15)11(5-2,6-3)8(14)12-10(13)16/h4-7H2,1-3H3,(H,12,14,16). The van der Waals surface area contributed by atoms with Gasteiger partial charge in [0.15, 0.2) is 0 Å². The van der Waals surface area contributed by atoms with Crippen LogP contribution in [0.1, 0.15) is 40.0 Å². The largest absolute Gasteiger partial charge is 0.330 e. The smallest absolute Gasteiger partial charge is 0.277 e. The van der Waals surface area contributed by atoms with Gasteiger partial charge in [0.05, 0.1) is 0 Å². The Hall–Kier alpha value is -1.39. The monoisotopic (exact) mass is 226 g/mol. The molecule has 0 radical (unpaired) electrons. The van der Waals surface area contributed by atoms with E-state index in [1.54, 1.807) is 13.8 Å². The molecule has 0 atom stereocenters. The van der Waals surface area contributed by atoms with E-state index in [2.05, 4.69) is 5.32 Å². The van der Waals surface area contributed by atoms with Crippen molar-refractivity contribution >= 4 is 17.8 Å². The second-order valence-electron chi connectivity index (χ2n) is 4.01. The maximum atomic E-state index is 12.2. The van der Waals surface area contributed by atoms with Crippen molar-refractivity contribution in [3.63, 3.8) is 0 Å². The zero-order valence-electron chi connectivity index (χ0n) is 10.0. The van der Waals surface area contributed by atoms with E-state index in [1.807, 2.05) is 6.92 Å². The number of barbiturate groups is 1. The number of carbonyl (C=O) groups is 3. The first-order valence-electron chi connectivity index (χ1n) is 5.70. The molecule has 5 nitrogen and oxygen atoms in total. The van der Waals surface area contributed by atoms with Gasteiger partial charge in [0.2, 0.25) is 11.8 Å². The molecule has 0 spiro atoms. The van der Waals surface area contributed by atoms with Crippen molar-refractivity contribution in [2.45, 2.75) is 40.0 Å². The van der Waals surface area contributed by atoms with Crippen LogP contribution < -0.4 is 5.32 Å². The summed E-state index contributed by atoms with van der Waals surface area (Å²) in [5, 5.41) is 2.26. The summed E-state index contributed by atoms with van der Waals surface area (Å²) < 4.78 is 0. The molecule has 1 aliphatic rings. The lowest BCUT2D eigenvalue weighted by Crippen LogP contribution is -2.63. The third-order valence-corrected chi connectivity index (χ3v) is 3.21. The summed E-state index contributed by atoms with van der Waals surface area (Å²) in [5.74, 6) is -0.812. The van der Waals surface area contributed by atoms with Crippen LogP contribution in [0.25, 0.3) is 0 Å². The Labute approximate surface area is 95.2 Å². The van der Waals surface area contributed by atoms with Gasteiger partial charge < -0.3 is 0 Å². The number of carbonyl (C=O) groups excluding carboxylic acids is 3. The predicted octanol–water partition coefficient (Wildman–Crippen LogP) is 1.28. The zero-order valence-corrected chi connectivity index (χ0v) is 10.0. The molecule has 0 saturated carbocycles. The van der Waals surface area contributed by atoms with Crippen LogP contribution in [0.2, 0.25) is 0 Å². The Morgan fingerprint density at radius 3 is 2.12 bits per heavy atom. The van der Waals surface area contributed by atoms with Gasteiger partial charge in [0, 0.05) is 6.54 Å². The number of hydrogen-bond acceptors (Lipinski definition) is 3. The third-order valence-electron chi connectivity index (χ3n) is 3.21. The zero-order chi connectivity index (χ0) is 12.3. The summed E-state index contributed by atoms with van der Waals surface area (Å²) in [6.07, 6.45) is 1.53. The van der Waals surface area contributed by atoms with Gasteiger partial charge in [0.25, 0.3) is 0 Å². The minimum Gasteiger partial charge on any atom is -0.277 e. The second kappa shape index (κ2) is 4.63. The number of urea groups is 1. The van der Waals surface area contributed by atoms with Crippen LogP contribution in [0.15, 0.2) is 0 Å². The van der Waals surface area contributed by atoms with E-state index < -0.39 is 17.4 Å². The molecular weight excluding hydrogens is 208 g/mol. The summed E-state index contributed by atoms with van der Waals surface area (Å²) >= 11 is 0. The minimum atomic E-state index is -1.05. The Balaban J connectivity index is 3.07. The van der Waals surface area contributed by atoms with Crippen LogP contribution in [0.3, 0.4) is 0 Å². The van der Waals surface area contributed by atoms with Gasteiger partial charge in [-0.2, -0.15) is 0 Å². The Kier molecular flexibility index (Phi) is 3.67. The van der Waals surface area contributed by atoms with E-state index in [-0.39, 0.29) is 5.91 Å². The van der Waals surface area contributed by atoms with Gasteiger partial charge in [0.1, 0.15) is 5.41 Å². The van der Waals surface area contributed by atoms with E-state index >= 15 is 0 Å². The van der Waals surface area contributed by atoms with Crippen LogP contribution >= 0.6 is 0 Å². The molecule has 0 aromatic carbocycles. The molecule has 0 aliphatic carbocycles. The molecule has 4 amide bonds. The van der Waals surface area contributed by atoms with Crippen molar-refractivity contribution in [2.75, 3.05) is 6.54 Å². The highest BCUT2D eigenvalue weighted by Crippen LogP contribution is 2.32. The lowest BCUT2D eigenvalue weighted by molar-refractivity contribution is -0.152. The van der Waals surface area contributed by atoms with Crippen molar-refractivity contribution in [3.05, 3.63) is 0 Å². The van der Waals surface area contributed by atoms with Crippen molar-refractivity contribution in [1.82, 2.24) is 10.2 Å². The lowest BCUT2D eigenvalue weighted by Gasteiger charge is -2.38. The molecule has 5 heteroatoms. The van der Waals surface area contributed by atoms with Crippen LogP contribution in [0, 0.1) is 5.41 Å². The van der Waals surface area contributed by atoms with E-state index in [1.165, 1.54) is 0 Å². The fourth-order valence-electron chi connectivity index (χ4n) is 2.03. The molecule has 0 unspecified atom stereocenters. The average Bonchev–Trinajstić information content (AvgIpc) is 2.26. The highest BCUT2D eigenvalue weighted by Gasteiger charge is 2.50. The Morgan fingerprint density at radius 2 is 1.69 bits per heavy atom. The fraction of sp³-hybridized carbons (Fsp3) is 0.727. The minimum absolute atomic E-state index is 0.354. The first kappa shape index (κ1) is 12.7. The van der Waals surface area contributed by atoms with E-state index in [0.29, 0.717) is 25.8 Å². The molecule has 1 N–H and O–H groups in total. The van der Waals surface area contributed by atoms with Crippen LogP contribution in [0.4, 0.5) is 4.79 Å². The first-order valence-corrected chi connectivity index (χ1v) is 5.70. The van der Waals surface area contributed by atoms with Crippen molar-refractivity contribution in [3.8, 4) is 0 Å². The van der Waals surface area contributed by atoms with Gasteiger partial charge in [-0.25, -0.2) is 4.79 Å². The molecule has 1 saturated heterocycles. The van der Waals surface area contributed by atoms with Crippen molar-refractivity contribution in [2.24, 2.45) is 5.41 Å². The number of nitrogens with zero attached hydrogens (tertiary/aromatic N) is 1. The second-order valence-corrected chi connectivity index (χ2v) is 4.01. The normalized spacial score (nSPS) is 19.9. The predicted molar refractivity (Wildman–Crippen MR) is 58.6 cm³/mol. The third kappa shape index (κ3) is 1.70. The van der Waals surface area contributed by atoms with Crippen LogP contribution in [-0.4, -0.2) is 29.3 Å². The molecular formula is C11H18N2O3. The topological polar surface area (TPSA) is 66.5 Å². The maximum absolute atomic E-state index is 12.2. The molecule has 90 valence electrons. The number of imide groups is 2. The van der Waals surface area contributed by atoms with Gasteiger partial charge >= 0.3 is 6.03 Å². The summed E-state index contributed by atoms with van der Waals surface area (Å²) in [7, 11) is 0. The summed E-state index contributed by atoms with van der Waals surface area (Å²) in [6, 6.07) is -0.589. The number of amides is 4. The van der Waals surface area contributed by atoms with Gasteiger partial charge in [-0.1, -0.05) is 20.8 Å². The summed E-state index contributed by atoms with van der Waals surface area (Å²) in [5.41, 5.74) is -1.05.